The van der Waals surface area contributed by atoms with Gasteiger partial charge in [-0.05, 0) is 6.07 Å². The third-order valence-electron chi connectivity index (χ3n) is 1.84. The maximum Gasteiger partial charge on any atom is 0.422 e. The summed E-state index contributed by atoms with van der Waals surface area (Å²) < 4.78 is 37.0. The van der Waals surface area contributed by atoms with Crippen molar-refractivity contribution < 1.29 is 18.3 Å². The number of H-pyrrole nitrogens is 1. The minimum atomic E-state index is -4.76. The molecule has 0 aliphatic heterocycles. The van der Waals surface area contributed by atoms with Crippen molar-refractivity contribution in [2.75, 3.05) is 6.54 Å². The van der Waals surface area contributed by atoms with Gasteiger partial charge in [0.05, 0.1) is 0 Å². The van der Waals surface area contributed by atoms with Crippen LogP contribution in [0.2, 0.25) is 0 Å². The predicted molar refractivity (Wildman–Crippen MR) is 39.8 cm³/mol. The van der Waals surface area contributed by atoms with Gasteiger partial charge in [0.15, 0.2) is 5.60 Å². The molecule has 1 atom stereocenters. The van der Waals surface area contributed by atoms with E-state index in [2.05, 4.69) is 4.98 Å². The Morgan fingerprint density at radius 3 is 2.38 bits per heavy atom. The van der Waals surface area contributed by atoms with Crippen LogP contribution in [0.3, 0.4) is 0 Å². The summed E-state index contributed by atoms with van der Waals surface area (Å²) in [6.45, 7) is -0.894. The Balaban J connectivity index is 3.09. The zero-order valence-corrected chi connectivity index (χ0v) is 6.60. The van der Waals surface area contributed by atoms with Gasteiger partial charge in [0, 0.05) is 24.5 Å². The third-order valence-corrected chi connectivity index (χ3v) is 1.84. The Hall–Kier alpha value is -1.01. The maximum absolute atomic E-state index is 12.3. The number of hydrogen-bond acceptors (Lipinski definition) is 2. The molecule has 3 nitrogen and oxygen atoms in total. The Morgan fingerprint density at radius 2 is 2.08 bits per heavy atom. The van der Waals surface area contributed by atoms with E-state index in [1.165, 1.54) is 6.20 Å². The normalized spacial score (nSPS) is 17.0. The third kappa shape index (κ3) is 1.54. The molecule has 0 saturated heterocycles. The van der Waals surface area contributed by atoms with E-state index >= 15 is 0 Å². The highest BCUT2D eigenvalue weighted by Crippen LogP contribution is 2.37. The average molecular weight is 194 g/mol. The number of nitrogens with one attached hydrogen (secondary N) is 1. The molecule has 1 heterocycles. The molecule has 0 radical (unpaired) electrons. The Bertz CT molecular complexity index is 270. The monoisotopic (exact) mass is 194 g/mol. The van der Waals surface area contributed by atoms with Crippen molar-refractivity contribution in [2.24, 2.45) is 5.73 Å². The number of nitrogens with two attached hydrogens (primary N) is 1. The van der Waals surface area contributed by atoms with Crippen LogP contribution in [0.15, 0.2) is 18.5 Å². The van der Waals surface area contributed by atoms with Crippen LogP contribution in [0, 0.1) is 0 Å². The Labute approximate surface area is 72.4 Å². The number of aromatic amines is 1. The highest BCUT2D eigenvalue weighted by atomic mass is 19.4. The first-order valence-electron chi connectivity index (χ1n) is 3.54. The van der Waals surface area contributed by atoms with Gasteiger partial charge in [0.25, 0.3) is 0 Å². The zero-order valence-electron chi connectivity index (χ0n) is 6.60. The molecule has 0 aliphatic rings. The highest BCUT2D eigenvalue weighted by molar-refractivity contribution is 5.21. The van der Waals surface area contributed by atoms with Gasteiger partial charge < -0.3 is 15.8 Å². The van der Waals surface area contributed by atoms with E-state index in [1.807, 2.05) is 0 Å². The molecule has 0 unspecified atom stereocenters. The fourth-order valence-corrected chi connectivity index (χ4v) is 0.978. The molecule has 1 rings (SSSR count). The fourth-order valence-electron chi connectivity index (χ4n) is 0.978. The summed E-state index contributed by atoms with van der Waals surface area (Å²) in [5.74, 6) is 0. The molecule has 0 fully saturated rings. The summed E-state index contributed by atoms with van der Waals surface area (Å²) in [7, 11) is 0. The van der Waals surface area contributed by atoms with Crippen LogP contribution in [-0.4, -0.2) is 22.8 Å². The van der Waals surface area contributed by atoms with Crippen LogP contribution < -0.4 is 5.73 Å². The summed E-state index contributed by atoms with van der Waals surface area (Å²) in [5.41, 5.74) is 1.67. The molecule has 0 bridgehead atoms. The maximum atomic E-state index is 12.3. The molecule has 0 aromatic carbocycles. The van der Waals surface area contributed by atoms with E-state index in [1.54, 1.807) is 0 Å². The molecule has 13 heavy (non-hydrogen) atoms. The van der Waals surface area contributed by atoms with Crippen molar-refractivity contribution in [3.05, 3.63) is 24.0 Å². The smallest absolute Gasteiger partial charge is 0.375 e. The molecule has 0 amide bonds. The SMILES string of the molecule is NC[C@@](O)(c1cc[nH]c1)C(F)(F)F. The molecular formula is C7H9F3N2O. The van der Waals surface area contributed by atoms with Gasteiger partial charge in [-0.1, -0.05) is 0 Å². The lowest BCUT2D eigenvalue weighted by atomic mass is 9.96. The number of alkyl halides is 3. The van der Waals surface area contributed by atoms with Gasteiger partial charge in [-0.15, -0.1) is 0 Å². The second-order valence-electron chi connectivity index (χ2n) is 2.66. The van der Waals surface area contributed by atoms with Gasteiger partial charge in [0.2, 0.25) is 0 Å². The lowest BCUT2D eigenvalue weighted by Crippen LogP contribution is -2.48. The van der Waals surface area contributed by atoms with Crippen LogP contribution in [0.5, 0.6) is 0 Å². The first-order chi connectivity index (χ1) is 5.92. The molecule has 6 heteroatoms. The molecule has 0 saturated carbocycles. The van der Waals surface area contributed by atoms with Crippen LogP contribution in [0.1, 0.15) is 5.56 Å². The van der Waals surface area contributed by atoms with Crippen molar-refractivity contribution in [3.63, 3.8) is 0 Å². The number of rotatable bonds is 2. The molecule has 1 aromatic rings. The molecule has 74 valence electrons. The molecule has 0 spiro atoms. The molecular weight excluding hydrogens is 185 g/mol. The lowest BCUT2D eigenvalue weighted by molar-refractivity contribution is -0.262. The second-order valence-corrected chi connectivity index (χ2v) is 2.66. The summed E-state index contributed by atoms with van der Waals surface area (Å²) >= 11 is 0. The van der Waals surface area contributed by atoms with E-state index in [-0.39, 0.29) is 5.56 Å². The van der Waals surface area contributed by atoms with Crippen molar-refractivity contribution in [2.45, 2.75) is 11.8 Å². The van der Waals surface area contributed by atoms with Gasteiger partial charge in [-0.25, -0.2) is 0 Å². The van der Waals surface area contributed by atoms with Crippen LogP contribution in [-0.2, 0) is 5.60 Å². The van der Waals surface area contributed by atoms with E-state index in [9.17, 15) is 18.3 Å². The Morgan fingerprint density at radius 1 is 1.46 bits per heavy atom. The summed E-state index contributed by atoms with van der Waals surface area (Å²) in [4.78, 5) is 2.43. The van der Waals surface area contributed by atoms with Crippen molar-refractivity contribution in [3.8, 4) is 0 Å². The minimum absolute atomic E-state index is 0.275. The van der Waals surface area contributed by atoms with Gasteiger partial charge in [-0.2, -0.15) is 13.2 Å². The molecule has 4 N–H and O–H groups in total. The zero-order chi connectivity index (χ0) is 10.1. The summed E-state index contributed by atoms with van der Waals surface area (Å²) in [5, 5.41) is 9.25. The van der Waals surface area contributed by atoms with E-state index in [0.29, 0.717) is 0 Å². The number of halogens is 3. The van der Waals surface area contributed by atoms with Gasteiger partial charge >= 0.3 is 6.18 Å². The topological polar surface area (TPSA) is 62.0 Å². The van der Waals surface area contributed by atoms with Crippen molar-refractivity contribution in [1.82, 2.24) is 4.98 Å². The summed E-state index contributed by atoms with van der Waals surface area (Å²) in [6.07, 6.45) is -2.40. The second kappa shape index (κ2) is 3.04. The van der Waals surface area contributed by atoms with Crippen LogP contribution in [0.25, 0.3) is 0 Å². The largest absolute Gasteiger partial charge is 0.422 e. The van der Waals surface area contributed by atoms with Gasteiger partial charge in [0.1, 0.15) is 0 Å². The van der Waals surface area contributed by atoms with Crippen molar-refractivity contribution in [1.29, 1.82) is 0 Å². The summed E-state index contributed by atoms with van der Waals surface area (Å²) in [6, 6.07) is 1.14. The molecule has 0 aliphatic carbocycles. The van der Waals surface area contributed by atoms with Gasteiger partial charge in [-0.3, -0.25) is 0 Å². The number of aliphatic hydroxyl groups is 1. The quantitative estimate of drug-likeness (QED) is 0.649. The van der Waals surface area contributed by atoms with Crippen molar-refractivity contribution >= 4 is 0 Å². The predicted octanol–water partition coefficient (Wildman–Crippen LogP) is 0.723. The average Bonchev–Trinajstić information content (AvgIpc) is 2.52. The van der Waals surface area contributed by atoms with Crippen LogP contribution >= 0.6 is 0 Å². The highest BCUT2D eigenvalue weighted by Gasteiger charge is 2.54. The van der Waals surface area contributed by atoms with E-state index < -0.39 is 18.3 Å². The fraction of sp³-hybridized carbons (Fsp3) is 0.429. The Kier molecular flexibility index (Phi) is 2.36. The molecule has 1 aromatic heterocycles. The van der Waals surface area contributed by atoms with Crippen LogP contribution in [0.4, 0.5) is 13.2 Å². The van der Waals surface area contributed by atoms with E-state index in [4.69, 9.17) is 5.73 Å². The minimum Gasteiger partial charge on any atom is -0.375 e. The first kappa shape index (κ1) is 10.1. The first-order valence-corrected chi connectivity index (χ1v) is 3.54. The lowest BCUT2D eigenvalue weighted by Gasteiger charge is -2.28. The number of hydrogen-bond donors (Lipinski definition) is 3. The standard InChI is InChI=1S/C7H9F3N2O/c8-7(9,10)6(13,4-11)5-1-2-12-3-5/h1-3,12-13H,4,11H2/t6-/m1/s1. The van der Waals surface area contributed by atoms with E-state index in [0.717, 1.165) is 12.3 Å². The number of aromatic nitrogens is 1.